The second kappa shape index (κ2) is 5.31. The summed E-state index contributed by atoms with van der Waals surface area (Å²) in [6.45, 7) is 0. The second-order valence-corrected chi connectivity index (χ2v) is 6.02. The van der Waals surface area contributed by atoms with Gasteiger partial charge < -0.3 is 0 Å². The van der Waals surface area contributed by atoms with Gasteiger partial charge in [-0.3, -0.25) is 0 Å². The third kappa shape index (κ3) is 2.80. The van der Waals surface area contributed by atoms with Crippen LogP contribution in [0.1, 0.15) is 0 Å². The standard InChI is InChI=1S/C15H11Br2N2/c16-12-3-1-5-14(9-12)18-7-8-19(11-18)15-6-2-4-13(17)10-15/h1-11H/q+1. The van der Waals surface area contributed by atoms with Crippen molar-refractivity contribution < 1.29 is 4.57 Å². The Morgan fingerprint density at radius 2 is 1.63 bits per heavy atom. The van der Waals surface area contributed by atoms with Gasteiger partial charge in [-0.15, -0.1) is 0 Å². The number of hydrogen-bond donors (Lipinski definition) is 0. The molecule has 1 aromatic heterocycles. The monoisotopic (exact) mass is 377 g/mol. The van der Waals surface area contributed by atoms with Gasteiger partial charge in [0.1, 0.15) is 23.8 Å². The minimum absolute atomic E-state index is 1.08. The molecule has 1 heterocycles. The molecular weight excluding hydrogens is 368 g/mol. The summed E-state index contributed by atoms with van der Waals surface area (Å²) in [4.78, 5) is 0. The molecule has 0 aliphatic carbocycles. The summed E-state index contributed by atoms with van der Waals surface area (Å²) >= 11 is 6.99. The molecule has 0 saturated heterocycles. The number of rotatable bonds is 2. The molecule has 0 radical (unpaired) electrons. The molecular formula is C15H11Br2N2+. The molecule has 0 N–H and O–H groups in total. The molecule has 0 spiro atoms. The molecule has 4 heteroatoms. The Kier molecular flexibility index (Phi) is 3.53. The minimum atomic E-state index is 1.08. The van der Waals surface area contributed by atoms with Gasteiger partial charge in [0.05, 0.1) is 0 Å². The van der Waals surface area contributed by atoms with E-state index in [4.69, 9.17) is 0 Å². The van der Waals surface area contributed by atoms with E-state index in [0.717, 1.165) is 20.3 Å². The van der Waals surface area contributed by atoms with Crippen molar-refractivity contribution >= 4 is 31.9 Å². The van der Waals surface area contributed by atoms with Crippen molar-refractivity contribution in [3.8, 4) is 11.4 Å². The van der Waals surface area contributed by atoms with Gasteiger partial charge in [0.25, 0.3) is 6.33 Å². The van der Waals surface area contributed by atoms with Gasteiger partial charge in [-0.2, -0.15) is 0 Å². The van der Waals surface area contributed by atoms with Crippen LogP contribution in [0.3, 0.4) is 0 Å². The minimum Gasteiger partial charge on any atom is -0.202 e. The van der Waals surface area contributed by atoms with E-state index in [0.29, 0.717) is 0 Å². The van der Waals surface area contributed by atoms with E-state index >= 15 is 0 Å². The Morgan fingerprint density at radius 3 is 2.37 bits per heavy atom. The van der Waals surface area contributed by atoms with Crippen molar-refractivity contribution in [3.63, 3.8) is 0 Å². The number of hydrogen-bond acceptors (Lipinski definition) is 0. The maximum atomic E-state index is 3.49. The van der Waals surface area contributed by atoms with Crippen LogP contribution >= 0.6 is 31.9 Å². The van der Waals surface area contributed by atoms with Crippen molar-refractivity contribution in [3.05, 3.63) is 76.2 Å². The molecule has 2 aromatic carbocycles. The van der Waals surface area contributed by atoms with E-state index in [2.05, 4.69) is 71.6 Å². The Hall–Kier alpha value is -1.39. The predicted octanol–water partition coefficient (Wildman–Crippen LogP) is 4.28. The molecule has 0 unspecified atom stereocenters. The van der Waals surface area contributed by atoms with E-state index in [1.54, 1.807) is 0 Å². The lowest BCUT2D eigenvalue weighted by atomic mass is 10.3. The fraction of sp³-hybridized carbons (Fsp3) is 0. The molecule has 0 bridgehead atoms. The average molecular weight is 379 g/mol. The van der Waals surface area contributed by atoms with Crippen LogP contribution in [0.4, 0.5) is 0 Å². The quantitative estimate of drug-likeness (QED) is 0.588. The summed E-state index contributed by atoms with van der Waals surface area (Å²) in [5.41, 5.74) is 2.26. The van der Waals surface area contributed by atoms with Crippen molar-refractivity contribution in [2.75, 3.05) is 0 Å². The molecule has 19 heavy (non-hydrogen) atoms. The Morgan fingerprint density at radius 1 is 0.895 bits per heavy atom. The zero-order chi connectivity index (χ0) is 13.2. The number of benzene rings is 2. The first kappa shape index (κ1) is 12.6. The van der Waals surface area contributed by atoms with E-state index in [1.807, 2.05) is 36.7 Å². The molecule has 0 atom stereocenters. The van der Waals surface area contributed by atoms with Crippen LogP contribution in [0.15, 0.2) is 76.2 Å². The van der Waals surface area contributed by atoms with Gasteiger partial charge in [-0.05, 0) is 36.4 Å². The highest BCUT2D eigenvalue weighted by Gasteiger charge is 2.08. The first-order chi connectivity index (χ1) is 9.22. The van der Waals surface area contributed by atoms with Gasteiger partial charge in [0, 0.05) is 8.95 Å². The van der Waals surface area contributed by atoms with Gasteiger partial charge in [-0.1, -0.05) is 44.0 Å². The SMILES string of the molecule is Brc1cccc(-n2cc[n+](-c3cccc(Br)c3)c2)c1. The van der Waals surface area contributed by atoms with Crippen molar-refractivity contribution in [1.82, 2.24) is 4.57 Å². The predicted molar refractivity (Wildman–Crippen MR) is 82.7 cm³/mol. The highest BCUT2D eigenvalue weighted by atomic mass is 79.9. The van der Waals surface area contributed by atoms with Gasteiger partial charge in [0.2, 0.25) is 0 Å². The van der Waals surface area contributed by atoms with E-state index in [9.17, 15) is 0 Å². The maximum Gasteiger partial charge on any atom is 0.254 e. The first-order valence-corrected chi connectivity index (χ1v) is 7.42. The van der Waals surface area contributed by atoms with Gasteiger partial charge >= 0.3 is 0 Å². The second-order valence-electron chi connectivity index (χ2n) is 4.19. The van der Waals surface area contributed by atoms with Crippen LogP contribution < -0.4 is 4.57 Å². The Balaban J connectivity index is 2.00. The van der Waals surface area contributed by atoms with Crippen LogP contribution in [0.5, 0.6) is 0 Å². The molecule has 0 amide bonds. The fourth-order valence-electron chi connectivity index (χ4n) is 1.93. The third-order valence-corrected chi connectivity index (χ3v) is 3.84. The van der Waals surface area contributed by atoms with Crippen LogP contribution in [0.25, 0.3) is 11.4 Å². The lowest BCUT2D eigenvalue weighted by Gasteiger charge is -1.97. The van der Waals surface area contributed by atoms with Crippen LogP contribution in [0, 0.1) is 0 Å². The van der Waals surface area contributed by atoms with Crippen molar-refractivity contribution in [1.29, 1.82) is 0 Å². The molecule has 0 saturated carbocycles. The van der Waals surface area contributed by atoms with Crippen LogP contribution in [-0.4, -0.2) is 4.57 Å². The first-order valence-electron chi connectivity index (χ1n) is 5.83. The Bertz CT molecular complexity index is 659. The zero-order valence-corrected chi connectivity index (χ0v) is 13.2. The highest BCUT2D eigenvalue weighted by molar-refractivity contribution is 9.10. The molecule has 3 aromatic rings. The van der Waals surface area contributed by atoms with Crippen LogP contribution in [0.2, 0.25) is 0 Å². The van der Waals surface area contributed by atoms with Crippen molar-refractivity contribution in [2.45, 2.75) is 0 Å². The smallest absolute Gasteiger partial charge is 0.202 e. The molecule has 0 aliphatic rings. The maximum absolute atomic E-state index is 3.49. The lowest BCUT2D eigenvalue weighted by Crippen LogP contribution is -2.27. The summed E-state index contributed by atoms with van der Waals surface area (Å²) in [6.07, 6.45) is 6.15. The summed E-state index contributed by atoms with van der Waals surface area (Å²) < 4.78 is 6.33. The summed E-state index contributed by atoms with van der Waals surface area (Å²) in [6, 6.07) is 16.4. The third-order valence-electron chi connectivity index (χ3n) is 2.85. The molecule has 3 rings (SSSR count). The summed E-state index contributed by atoms with van der Waals surface area (Å²) in [5.74, 6) is 0. The normalized spacial score (nSPS) is 10.6. The highest BCUT2D eigenvalue weighted by Crippen LogP contribution is 2.15. The topological polar surface area (TPSA) is 8.81 Å². The summed E-state index contributed by atoms with van der Waals surface area (Å²) in [5, 5.41) is 0. The largest absolute Gasteiger partial charge is 0.254 e. The zero-order valence-electron chi connectivity index (χ0n) is 10.0. The van der Waals surface area contributed by atoms with Crippen LogP contribution in [-0.2, 0) is 0 Å². The molecule has 2 nitrogen and oxygen atoms in total. The molecule has 0 fully saturated rings. The fourth-order valence-corrected chi connectivity index (χ4v) is 2.71. The number of halogens is 2. The average Bonchev–Trinajstić information content (AvgIpc) is 2.88. The molecule has 94 valence electrons. The Labute approximate surface area is 128 Å². The van der Waals surface area contributed by atoms with Crippen molar-refractivity contribution in [2.24, 2.45) is 0 Å². The van der Waals surface area contributed by atoms with E-state index < -0.39 is 0 Å². The van der Waals surface area contributed by atoms with Gasteiger partial charge in [-0.25, -0.2) is 9.13 Å². The molecule has 0 aliphatic heterocycles. The number of nitrogens with zero attached hydrogens (tertiary/aromatic N) is 2. The summed E-state index contributed by atoms with van der Waals surface area (Å²) in [7, 11) is 0. The van der Waals surface area contributed by atoms with E-state index in [-0.39, 0.29) is 0 Å². The van der Waals surface area contributed by atoms with Gasteiger partial charge in [0.15, 0.2) is 0 Å². The number of imidazole rings is 1. The lowest BCUT2D eigenvalue weighted by molar-refractivity contribution is -0.594. The van der Waals surface area contributed by atoms with E-state index in [1.165, 1.54) is 0 Å². The number of aromatic nitrogens is 2.